The number of hydrogen-bond donors (Lipinski definition) is 0. The van der Waals surface area contributed by atoms with Gasteiger partial charge in [0, 0.05) is 37.6 Å². The van der Waals surface area contributed by atoms with E-state index in [4.69, 9.17) is 14.5 Å². The van der Waals surface area contributed by atoms with Crippen LogP contribution in [0, 0.1) is 5.92 Å². The van der Waals surface area contributed by atoms with Crippen LogP contribution in [0.15, 0.2) is 30.3 Å². The molecule has 0 radical (unpaired) electrons. The number of pyridine rings is 1. The highest BCUT2D eigenvalue weighted by atomic mass is 16.5. The van der Waals surface area contributed by atoms with E-state index in [1.54, 1.807) is 0 Å². The maximum absolute atomic E-state index is 13.2. The number of hydrogen-bond acceptors (Lipinski definition) is 5. The Morgan fingerprint density at radius 3 is 2.54 bits per heavy atom. The van der Waals surface area contributed by atoms with Gasteiger partial charge in [-0.15, -0.1) is 0 Å². The van der Waals surface area contributed by atoms with E-state index in [9.17, 15) is 4.79 Å². The highest BCUT2D eigenvalue weighted by Crippen LogP contribution is 2.29. The Balaban J connectivity index is 1.76. The fourth-order valence-corrected chi connectivity index (χ4v) is 3.48. The number of Topliss-reactive ketones (excluding diaryl/α,β-unsaturated/α-hetero) is 1. The summed E-state index contributed by atoms with van der Waals surface area (Å²) in [6.07, 6.45) is 1.60. The van der Waals surface area contributed by atoms with Gasteiger partial charge in [0.15, 0.2) is 5.78 Å². The molecule has 4 rings (SSSR count). The molecule has 0 atom stereocenters. The minimum Gasteiger partial charge on any atom is -0.381 e. The molecule has 126 valence electrons. The van der Waals surface area contributed by atoms with Crippen LogP contribution in [0.25, 0.3) is 10.9 Å². The minimum atomic E-state index is 0.0431. The van der Waals surface area contributed by atoms with Crippen LogP contribution in [-0.2, 0) is 9.47 Å². The quantitative estimate of drug-likeness (QED) is 0.812. The molecule has 0 unspecified atom stereocenters. The molecule has 24 heavy (non-hydrogen) atoms. The Labute approximate surface area is 141 Å². The molecular weight excluding hydrogens is 304 g/mol. The molecular formula is C19H22N2O3. The van der Waals surface area contributed by atoms with Crippen LogP contribution >= 0.6 is 0 Å². The first-order valence-corrected chi connectivity index (χ1v) is 8.67. The van der Waals surface area contributed by atoms with Gasteiger partial charge in [-0.1, -0.05) is 18.2 Å². The summed E-state index contributed by atoms with van der Waals surface area (Å²) in [4.78, 5) is 20.2. The van der Waals surface area contributed by atoms with Crippen molar-refractivity contribution >= 4 is 22.5 Å². The lowest BCUT2D eigenvalue weighted by molar-refractivity contribution is 0.0544. The molecule has 0 bridgehead atoms. The Bertz CT molecular complexity index is 734. The van der Waals surface area contributed by atoms with Crippen molar-refractivity contribution in [2.45, 2.75) is 12.8 Å². The Hall–Kier alpha value is -1.98. The molecule has 1 aromatic carbocycles. The van der Waals surface area contributed by atoms with Crippen LogP contribution in [-0.4, -0.2) is 50.3 Å². The van der Waals surface area contributed by atoms with E-state index in [2.05, 4.69) is 4.90 Å². The third kappa shape index (κ3) is 3.01. The monoisotopic (exact) mass is 326 g/mol. The van der Waals surface area contributed by atoms with Gasteiger partial charge in [-0.3, -0.25) is 4.79 Å². The summed E-state index contributed by atoms with van der Waals surface area (Å²) >= 11 is 0. The van der Waals surface area contributed by atoms with Crippen molar-refractivity contribution < 1.29 is 14.3 Å². The second-order valence-electron chi connectivity index (χ2n) is 6.40. The van der Waals surface area contributed by atoms with Gasteiger partial charge in [0.25, 0.3) is 0 Å². The molecule has 0 N–H and O–H groups in total. The zero-order valence-electron chi connectivity index (χ0n) is 13.7. The number of benzene rings is 1. The summed E-state index contributed by atoms with van der Waals surface area (Å²) in [7, 11) is 0. The number of para-hydroxylation sites is 1. The van der Waals surface area contributed by atoms with Gasteiger partial charge < -0.3 is 14.4 Å². The van der Waals surface area contributed by atoms with E-state index in [1.807, 2.05) is 30.3 Å². The first-order chi connectivity index (χ1) is 11.8. The maximum Gasteiger partial charge on any atom is 0.169 e. The molecule has 0 spiro atoms. The SMILES string of the molecule is O=C(c1cc2ccccc2nc1N1CCOCC1)C1CCOCC1. The molecule has 2 aliphatic heterocycles. The largest absolute Gasteiger partial charge is 0.381 e. The number of ketones is 1. The molecule has 0 saturated carbocycles. The zero-order chi connectivity index (χ0) is 16.4. The number of ether oxygens (including phenoxy) is 2. The number of nitrogens with zero attached hydrogens (tertiary/aromatic N) is 2. The fraction of sp³-hybridized carbons (Fsp3) is 0.474. The van der Waals surface area contributed by atoms with Crippen LogP contribution in [0.3, 0.4) is 0 Å². The van der Waals surface area contributed by atoms with Crippen LogP contribution in [0.4, 0.5) is 5.82 Å². The van der Waals surface area contributed by atoms with E-state index in [0.29, 0.717) is 26.4 Å². The summed E-state index contributed by atoms with van der Waals surface area (Å²) < 4.78 is 10.9. The van der Waals surface area contributed by atoms with Gasteiger partial charge in [0.1, 0.15) is 5.82 Å². The van der Waals surface area contributed by atoms with Crippen LogP contribution in [0.5, 0.6) is 0 Å². The average molecular weight is 326 g/mol. The summed E-state index contributed by atoms with van der Waals surface area (Å²) in [6.45, 7) is 4.26. The molecule has 0 amide bonds. The molecule has 0 aliphatic carbocycles. The molecule has 2 fully saturated rings. The first kappa shape index (κ1) is 15.5. The first-order valence-electron chi connectivity index (χ1n) is 8.67. The summed E-state index contributed by atoms with van der Waals surface area (Å²) in [5.74, 6) is 1.06. The zero-order valence-corrected chi connectivity index (χ0v) is 13.7. The Morgan fingerprint density at radius 1 is 1.04 bits per heavy atom. The molecule has 5 nitrogen and oxygen atoms in total. The number of carbonyl (C=O) groups is 1. The lowest BCUT2D eigenvalue weighted by Gasteiger charge is -2.30. The smallest absolute Gasteiger partial charge is 0.169 e. The van der Waals surface area contributed by atoms with Crippen LogP contribution in [0.2, 0.25) is 0 Å². The number of carbonyl (C=O) groups excluding carboxylic acids is 1. The van der Waals surface area contributed by atoms with Gasteiger partial charge in [-0.2, -0.15) is 0 Å². The van der Waals surface area contributed by atoms with Crippen molar-refractivity contribution in [3.8, 4) is 0 Å². The second-order valence-corrected chi connectivity index (χ2v) is 6.40. The van der Waals surface area contributed by atoms with E-state index in [0.717, 1.165) is 48.2 Å². The highest BCUT2D eigenvalue weighted by molar-refractivity contribution is 6.05. The molecule has 1 aromatic heterocycles. The topological polar surface area (TPSA) is 51.7 Å². The summed E-state index contributed by atoms with van der Waals surface area (Å²) in [5, 5.41) is 1.02. The Kier molecular flexibility index (Phi) is 4.45. The summed E-state index contributed by atoms with van der Waals surface area (Å²) in [6, 6.07) is 10.0. The minimum absolute atomic E-state index is 0.0431. The lowest BCUT2D eigenvalue weighted by atomic mass is 9.90. The second kappa shape index (κ2) is 6.87. The van der Waals surface area contributed by atoms with Gasteiger partial charge in [0.2, 0.25) is 0 Å². The molecule has 3 heterocycles. The van der Waals surface area contributed by atoms with Crippen molar-refractivity contribution in [1.29, 1.82) is 0 Å². The number of aromatic nitrogens is 1. The molecule has 5 heteroatoms. The predicted molar refractivity (Wildman–Crippen MR) is 92.6 cm³/mol. The van der Waals surface area contributed by atoms with E-state index < -0.39 is 0 Å². The predicted octanol–water partition coefficient (Wildman–Crippen LogP) is 2.68. The van der Waals surface area contributed by atoms with E-state index >= 15 is 0 Å². The number of anilines is 1. The maximum atomic E-state index is 13.2. The normalized spacial score (nSPS) is 19.6. The number of rotatable bonds is 3. The van der Waals surface area contributed by atoms with Crippen molar-refractivity contribution in [2.24, 2.45) is 5.92 Å². The van der Waals surface area contributed by atoms with Crippen molar-refractivity contribution in [3.63, 3.8) is 0 Å². The van der Waals surface area contributed by atoms with Gasteiger partial charge in [0.05, 0.1) is 24.3 Å². The number of fused-ring (bicyclic) bond motifs is 1. The average Bonchev–Trinajstić information content (AvgIpc) is 2.68. The highest BCUT2D eigenvalue weighted by Gasteiger charge is 2.28. The standard InChI is InChI=1S/C19H22N2O3/c22-18(14-5-9-23-10-6-14)16-13-15-3-1-2-4-17(15)20-19(16)21-7-11-24-12-8-21/h1-4,13-14H,5-12H2. The van der Waals surface area contributed by atoms with E-state index in [1.165, 1.54) is 0 Å². The molecule has 2 saturated heterocycles. The van der Waals surface area contributed by atoms with Crippen LogP contribution in [0.1, 0.15) is 23.2 Å². The summed E-state index contributed by atoms with van der Waals surface area (Å²) in [5.41, 5.74) is 1.69. The third-order valence-corrected chi connectivity index (χ3v) is 4.87. The van der Waals surface area contributed by atoms with Crippen LogP contribution < -0.4 is 4.90 Å². The van der Waals surface area contributed by atoms with Gasteiger partial charge >= 0.3 is 0 Å². The van der Waals surface area contributed by atoms with Gasteiger partial charge in [-0.05, 0) is 25.0 Å². The third-order valence-electron chi connectivity index (χ3n) is 4.87. The Morgan fingerprint density at radius 2 is 1.75 bits per heavy atom. The van der Waals surface area contributed by atoms with Crippen molar-refractivity contribution in [1.82, 2.24) is 4.98 Å². The van der Waals surface area contributed by atoms with Crippen molar-refractivity contribution in [3.05, 3.63) is 35.9 Å². The van der Waals surface area contributed by atoms with E-state index in [-0.39, 0.29) is 11.7 Å². The van der Waals surface area contributed by atoms with Crippen molar-refractivity contribution in [2.75, 3.05) is 44.4 Å². The lowest BCUT2D eigenvalue weighted by Crippen LogP contribution is -2.38. The fourth-order valence-electron chi connectivity index (χ4n) is 3.48. The molecule has 2 aromatic rings. The molecule has 2 aliphatic rings. The van der Waals surface area contributed by atoms with Gasteiger partial charge in [-0.25, -0.2) is 4.98 Å². The number of morpholine rings is 1.